The van der Waals surface area contributed by atoms with Crippen molar-refractivity contribution in [3.63, 3.8) is 0 Å². The van der Waals surface area contributed by atoms with Crippen LogP contribution >= 0.6 is 11.3 Å². The molecule has 42 heavy (non-hydrogen) atoms. The van der Waals surface area contributed by atoms with E-state index in [1.165, 1.54) is 17.6 Å². The molecule has 2 aliphatic rings. The number of fused-ring (bicyclic) bond motifs is 1. The molecule has 1 aliphatic heterocycles. The third-order valence-corrected chi connectivity index (χ3v) is 8.59. The molecule has 2 aromatic carbocycles. The summed E-state index contributed by atoms with van der Waals surface area (Å²) < 4.78 is 56.9. The van der Waals surface area contributed by atoms with E-state index in [1.807, 2.05) is 4.57 Å². The van der Waals surface area contributed by atoms with Gasteiger partial charge in [-0.1, -0.05) is 24.3 Å². The quantitative estimate of drug-likeness (QED) is 0.168. The summed E-state index contributed by atoms with van der Waals surface area (Å²) in [6, 6.07) is 9.46. The number of carbonyl (C=O) groups is 3. The molecule has 0 spiro atoms. The van der Waals surface area contributed by atoms with Crippen LogP contribution in [-0.2, 0) is 23.3 Å². The Morgan fingerprint density at radius 1 is 1.05 bits per heavy atom. The molecule has 0 bridgehead atoms. The van der Waals surface area contributed by atoms with E-state index in [9.17, 15) is 31.9 Å². The maximum absolute atomic E-state index is 13.9. The van der Waals surface area contributed by atoms with Crippen molar-refractivity contribution >= 4 is 34.6 Å². The number of alkyl halides is 2. The number of carbonyl (C=O) groups excluding carboxylic acids is 3. The van der Waals surface area contributed by atoms with Crippen molar-refractivity contribution in [2.24, 2.45) is 0 Å². The van der Waals surface area contributed by atoms with Gasteiger partial charge in [-0.15, -0.1) is 21.5 Å². The van der Waals surface area contributed by atoms with Crippen molar-refractivity contribution in [3.05, 3.63) is 87.0 Å². The molecule has 0 unspecified atom stereocenters. The molecule has 216 valence electrons. The van der Waals surface area contributed by atoms with Crippen LogP contribution in [-0.4, -0.2) is 38.3 Å². The number of amides is 2. The zero-order valence-electron chi connectivity index (χ0n) is 22.1. The van der Waals surface area contributed by atoms with Crippen LogP contribution in [0.2, 0.25) is 0 Å². The lowest BCUT2D eigenvalue weighted by Crippen LogP contribution is -2.60. The summed E-state index contributed by atoms with van der Waals surface area (Å²) in [6.45, 7) is 2.26. The molecule has 1 fully saturated rings. The molecule has 2 aromatic heterocycles. The summed E-state index contributed by atoms with van der Waals surface area (Å²) in [5, 5.41) is 12.9. The number of aromatic nitrogens is 3. The first kappa shape index (κ1) is 27.8. The highest BCUT2D eigenvalue weighted by molar-refractivity contribution is 7.09. The maximum atomic E-state index is 13.9. The lowest BCUT2D eigenvalue weighted by atomic mass is 9.73. The number of anilines is 1. The number of halogens is 4. The highest BCUT2D eigenvalue weighted by Crippen LogP contribution is 2.52. The zero-order valence-corrected chi connectivity index (χ0v) is 23.0. The number of benzene rings is 2. The first-order chi connectivity index (χ1) is 20.0. The number of nitrogens with zero attached hydrogens (tertiary/aromatic N) is 3. The number of rotatable bonds is 7. The van der Waals surface area contributed by atoms with Gasteiger partial charge in [-0.3, -0.25) is 14.4 Å². The van der Waals surface area contributed by atoms with E-state index >= 15 is 0 Å². The lowest BCUT2D eigenvalue weighted by molar-refractivity contribution is -0.147. The number of nitrogens with one attached hydrogen (secondary N) is 2. The normalized spacial score (nSPS) is 16.4. The number of hydrogen-bond donors (Lipinski definition) is 2. The van der Waals surface area contributed by atoms with Crippen molar-refractivity contribution in [1.82, 2.24) is 20.1 Å². The molecular formula is C29H23F4N5O3S. The van der Waals surface area contributed by atoms with Gasteiger partial charge in [0.1, 0.15) is 16.1 Å². The highest BCUT2D eigenvalue weighted by Gasteiger charge is 2.60. The lowest BCUT2D eigenvalue weighted by Gasteiger charge is -2.45. The second kappa shape index (κ2) is 10.2. The van der Waals surface area contributed by atoms with Gasteiger partial charge >= 0.3 is 0 Å². The van der Waals surface area contributed by atoms with Crippen molar-refractivity contribution in [3.8, 4) is 11.3 Å². The first-order valence-electron chi connectivity index (χ1n) is 13.1. The predicted molar refractivity (Wildman–Crippen MR) is 145 cm³/mol. The molecule has 0 saturated heterocycles. The van der Waals surface area contributed by atoms with Crippen LogP contribution in [0.15, 0.2) is 48.0 Å². The molecule has 4 aromatic rings. The van der Waals surface area contributed by atoms with Gasteiger partial charge in [0.15, 0.2) is 11.6 Å². The van der Waals surface area contributed by atoms with Crippen molar-refractivity contribution in [1.29, 1.82) is 0 Å². The largest absolute Gasteiger partial charge is 0.344 e. The monoisotopic (exact) mass is 597 g/mol. The number of hydrogen-bond acceptors (Lipinski definition) is 6. The molecule has 6 rings (SSSR count). The summed E-state index contributed by atoms with van der Waals surface area (Å²) >= 11 is 1.02. The van der Waals surface area contributed by atoms with E-state index in [0.717, 1.165) is 29.9 Å². The molecule has 8 nitrogen and oxygen atoms in total. The molecule has 3 heterocycles. The molecule has 1 aliphatic carbocycles. The van der Waals surface area contributed by atoms with Gasteiger partial charge in [0, 0.05) is 48.0 Å². The van der Waals surface area contributed by atoms with Gasteiger partial charge in [-0.05, 0) is 37.5 Å². The van der Waals surface area contributed by atoms with Crippen molar-refractivity contribution in [2.45, 2.75) is 50.6 Å². The Balaban J connectivity index is 1.34. The van der Waals surface area contributed by atoms with Crippen molar-refractivity contribution in [2.75, 3.05) is 5.32 Å². The highest BCUT2D eigenvalue weighted by atomic mass is 32.1. The minimum Gasteiger partial charge on any atom is -0.344 e. The van der Waals surface area contributed by atoms with E-state index in [4.69, 9.17) is 0 Å². The Morgan fingerprint density at radius 3 is 2.50 bits per heavy atom. The second-order valence-electron chi connectivity index (χ2n) is 10.5. The second-order valence-corrected chi connectivity index (χ2v) is 11.3. The predicted octanol–water partition coefficient (Wildman–Crippen LogP) is 5.42. The van der Waals surface area contributed by atoms with Gasteiger partial charge < -0.3 is 15.2 Å². The van der Waals surface area contributed by atoms with E-state index in [-0.39, 0.29) is 16.3 Å². The van der Waals surface area contributed by atoms with Gasteiger partial charge in [-0.25, -0.2) is 17.6 Å². The van der Waals surface area contributed by atoms with Crippen LogP contribution in [0.5, 0.6) is 0 Å². The van der Waals surface area contributed by atoms with Crippen LogP contribution in [0.3, 0.4) is 0 Å². The van der Waals surface area contributed by atoms with Crippen LogP contribution in [0.25, 0.3) is 11.3 Å². The Kier molecular flexibility index (Phi) is 6.71. The summed E-state index contributed by atoms with van der Waals surface area (Å²) in [7, 11) is 0. The fourth-order valence-corrected chi connectivity index (χ4v) is 6.63. The molecular weight excluding hydrogens is 574 g/mol. The molecule has 0 atom stereocenters. The van der Waals surface area contributed by atoms with Gasteiger partial charge in [0.05, 0.1) is 11.3 Å². The maximum Gasteiger partial charge on any atom is 0.293 e. The minimum atomic E-state index is -3.01. The smallest absolute Gasteiger partial charge is 0.293 e. The van der Waals surface area contributed by atoms with Gasteiger partial charge in [0.25, 0.3) is 23.5 Å². The Morgan fingerprint density at radius 2 is 1.81 bits per heavy atom. The summed E-state index contributed by atoms with van der Waals surface area (Å²) in [4.78, 5) is 40.2. The summed E-state index contributed by atoms with van der Waals surface area (Å²) in [5.41, 5.74) is 2.53. The molecule has 2 N–H and O–H groups in total. The molecule has 2 amide bonds. The minimum absolute atomic E-state index is 0.0383. The van der Waals surface area contributed by atoms with Crippen LogP contribution in [0.4, 0.5) is 23.2 Å². The standard InChI is InChI=1S/C29H23F4N5O3S/c1-15-22(25(40)35-16-8-9-19(30)20(31)11-16)21-7-4-10-38(21)23(15)17-5-2-3-6-18(17)24(39)26(41)36-28(12-29(32,33)13-28)27-37-34-14-42-27/h2-3,5-6,8-9,11,14H,4,7,10,12-13H2,1H3,(H,35,40)(H,36,41). The average Bonchev–Trinajstić information content (AvgIpc) is 3.67. The Hall–Kier alpha value is -4.39. The SMILES string of the molecule is Cc1c(C(=O)Nc2ccc(F)c(F)c2)c2n(c1-c1ccccc1C(=O)C(=O)NC1(c3nncs3)CC(F)(F)C1)CCC2. The zero-order chi connectivity index (χ0) is 29.8. The fraction of sp³-hybridized carbons (Fsp3) is 0.276. The van der Waals surface area contributed by atoms with Crippen LogP contribution in [0.1, 0.15) is 56.2 Å². The summed E-state index contributed by atoms with van der Waals surface area (Å²) in [5.74, 6) is -7.67. The van der Waals surface area contributed by atoms with E-state index < -0.39 is 53.5 Å². The van der Waals surface area contributed by atoms with E-state index in [2.05, 4.69) is 20.8 Å². The third kappa shape index (κ3) is 4.67. The number of Topliss-reactive ketones (excluding diaryl/α,β-unsaturated/α-hetero) is 1. The third-order valence-electron chi connectivity index (χ3n) is 7.69. The van der Waals surface area contributed by atoms with Crippen molar-refractivity contribution < 1.29 is 31.9 Å². The number of ketones is 1. The fourth-order valence-electron chi connectivity index (χ4n) is 5.92. The molecule has 13 heteroatoms. The van der Waals surface area contributed by atoms with Gasteiger partial charge in [-0.2, -0.15) is 0 Å². The average molecular weight is 598 g/mol. The van der Waals surface area contributed by atoms with Crippen LogP contribution < -0.4 is 10.6 Å². The van der Waals surface area contributed by atoms with E-state index in [0.29, 0.717) is 41.0 Å². The Bertz CT molecular complexity index is 1740. The molecule has 1 saturated carbocycles. The Labute approximate surface area is 240 Å². The van der Waals surface area contributed by atoms with E-state index in [1.54, 1.807) is 25.1 Å². The first-order valence-corrected chi connectivity index (χ1v) is 14.0. The van der Waals surface area contributed by atoms with Gasteiger partial charge in [0.2, 0.25) is 0 Å². The molecule has 0 radical (unpaired) electrons. The van der Waals surface area contributed by atoms with Crippen LogP contribution in [0, 0.1) is 18.6 Å². The summed E-state index contributed by atoms with van der Waals surface area (Å²) in [6.07, 6.45) is -0.102. The topological polar surface area (TPSA) is 106 Å².